The zero-order chi connectivity index (χ0) is 11.9. The van der Waals surface area contributed by atoms with Crippen LogP contribution < -0.4 is 10.5 Å². The molecule has 2 aromatic rings. The molecule has 0 saturated carbocycles. The largest absolute Gasteiger partial charge is 0.495 e. The molecule has 0 aliphatic heterocycles. The molecule has 8 heteroatoms. The van der Waals surface area contributed by atoms with Crippen LogP contribution in [-0.2, 0) is 10.1 Å². The van der Waals surface area contributed by atoms with Gasteiger partial charge in [-0.15, -0.1) is 0 Å². The molecule has 2 rings (SSSR count). The van der Waals surface area contributed by atoms with Gasteiger partial charge in [0.2, 0.25) is 0 Å². The van der Waals surface area contributed by atoms with Crippen LogP contribution >= 0.6 is 11.3 Å². The third-order valence-corrected chi connectivity index (χ3v) is 3.94. The standard InChI is InChI=1S/C8H8N2O4S2/c1-14-5-3-2-4-6(15-8(9)10-4)7(5)16(11,12)13/h2-3H,1H3,(H2,9,10)(H,11,12,13). The number of ether oxygens (including phenoxy) is 1. The highest BCUT2D eigenvalue weighted by atomic mass is 32.2. The second-order valence-corrected chi connectivity index (χ2v) is 5.36. The smallest absolute Gasteiger partial charge is 0.299 e. The fourth-order valence-electron chi connectivity index (χ4n) is 1.37. The second kappa shape index (κ2) is 3.58. The molecule has 16 heavy (non-hydrogen) atoms. The minimum absolute atomic E-state index is 0.0682. The van der Waals surface area contributed by atoms with Crippen molar-refractivity contribution in [2.75, 3.05) is 12.8 Å². The lowest BCUT2D eigenvalue weighted by atomic mass is 10.3. The first-order valence-corrected chi connectivity index (χ1v) is 6.39. The number of methoxy groups -OCH3 is 1. The van der Waals surface area contributed by atoms with E-state index in [4.69, 9.17) is 15.0 Å². The number of hydrogen-bond donors (Lipinski definition) is 2. The van der Waals surface area contributed by atoms with Gasteiger partial charge in [0, 0.05) is 0 Å². The van der Waals surface area contributed by atoms with Gasteiger partial charge in [0.1, 0.15) is 5.75 Å². The Hall–Kier alpha value is -1.38. The Morgan fingerprint density at radius 2 is 2.19 bits per heavy atom. The van der Waals surface area contributed by atoms with E-state index >= 15 is 0 Å². The fourth-order valence-corrected chi connectivity index (χ4v) is 3.32. The number of hydrogen-bond acceptors (Lipinski definition) is 6. The molecule has 3 N–H and O–H groups in total. The summed E-state index contributed by atoms with van der Waals surface area (Å²) in [7, 11) is -3.05. The number of anilines is 1. The summed E-state index contributed by atoms with van der Waals surface area (Å²) in [6.45, 7) is 0. The summed E-state index contributed by atoms with van der Waals surface area (Å²) in [5.74, 6) is 0.0682. The first-order valence-electron chi connectivity index (χ1n) is 4.14. The van der Waals surface area contributed by atoms with E-state index in [9.17, 15) is 8.42 Å². The van der Waals surface area contributed by atoms with E-state index < -0.39 is 10.1 Å². The molecule has 0 atom stereocenters. The number of nitrogens with zero attached hydrogens (tertiary/aromatic N) is 1. The number of aromatic nitrogens is 1. The van der Waals surface area contributed by atoms with E-state index in [1.165, 1.54) is 13.2 Å². The third-order valence-electron chi connectivity index (χ3n) is 1.97. The average molecular weight is 260 g/mol. The quantitative estimate of drug-likeness (QED) is 0.785. The molecule has 0 spiro atoms. The van der Waals surface area contributed by atoms with Crippen molar-refractivity contribution in [1.82, 2.24) is 4.98 Å². The van der Waals surface area contributed by atoms with Gasteiger partial charge in [-0.25, -0.2) is 4.98 Å². The summed E-state index contributed by atoms with van der Waals surface area (Å²) in [6, 6.07) is 3.00. The van der Waals surface area contributed by atoms with Crippen LogP contribution in [0.15, 0.2) is 17.0 Å². The number of rotatable bonds is 2. The maximum Gasteiger partial charge on any atom is 0.299 e. The zero-order valence-corrected chi connectivity index (χ0v) is 9.80. The van der Waals surface area contributed by atoms with Gasteiger partial charge in [-0.2, -0.15) is 8.42 Å². The lowest BCUT2D eigenvalue weighted by Crippen LogP contribution is -2.01. The highest BCUT2D eigenvalue weighted by molar-refractivity contribution is 7.86. The van der Waals surface area contributed by atoms with E-state index in [0.29, 0.717) is 10.2 Å². The molecular formula is C8H8N2O4S2. The Bertz CT molecular complexity index is 647. The molecular weight excluding hydrogens is 252 g/mol. The van der Waals surface area contributed by atoms with Crippen LogP contribution in [0.1, 0.15) is 0 Å². The van der Waals surface area contributed by atoms with Gasteiger partial charge in [-0.1, -0.05) is 11.3 Å². The molecule has 0 unspecified atom stereocenters. The van der Waals surface area contributed by atoms with Crippen LogP contribution in [0.4, 0.5) is 5.13 Å². The average Bonchev–Trinajstić information content (AvgIpc) is 2.54. The molecule has 0 fully saturated rings. The Kier molecular flexibility index (Phi) is 2.49. The molecule has 0 radical (unpaired) electrons. The van der Waals surface area contributed by atoms with Crippen molar-refractivity contribution in [2.45, 2.75) is 4.90 Å². The van der Waals surface area contributed by atoms with E-state index in [1.54, 1.807) is 6.07 Å². The van der Waals surface area contributed by atoms with Crippen LogP contribution in [0.5, 0.6) is 5.75 Å². The van der Waals surface area contributed by atoms with Gasteiger partial charge in [0.05, 0.1) is 17.3 Å². The first kappa shape index (κ1) is 11.1. The van der Waals surface area contributed by atoms with Crippen LogP contribution in [0, 0.1) is 0 Å². The van der Waals surface area contributed by atoms with E-state index in [1.807, 2.05) is 0 Å². The van der Waals surface area contributed by atoms with Crippen molar-refractivity contribution in [2.24, 2.45) is 0 Å². The monoisotopic (exact) mass is 260 g/mol. The first-order chi connectivity index (χ1) is 7.43. The van der Waals surface area contributed by atoms with Crippen LogP contribution in [-0.4, -0.2) is 25.1 Å². The normalized spacial score (nSPS) is 11.9. The maximum atomic E-state index is 11.2. The molecule has 0 saturated heterocycles. The van der Waals surface area contributed by atoms with Gasteiger partial charge in [0.15, 0.2) is 10.0 Å². The molecule has 1 aromatic heterocycles. The van der Waals surface area contributed by atoms with Crippen molar-refractivity contribution >= 4 is 36.8 Å². The second-order valence-electron chi connectivity index (χ2n) is 2.97. The molecule has 6 nitrogen and oxygen atoms in total. The fraction of sp³-hybridized carbons (Fsp3) is 0.125. The SMILES string of the molecule is COc1ccc2nc(N)sc2c1S(=O)(=O)O. The van der Waals surface area contributed by atoms with E-state index in [2.05, 4.69) is 4.98 Å². The molecule has 0 amide bonds. The van der Waals surface area contributed by atoms with Crippen molar-refractivity contribution in [1.29, 1.82) is 0 Å². The van der Waals surface area contributed by atoms with Crippen molar-refractivity contribution in [3.63, 3.8) is 0 Å². The minimum atomic E-state index is -4.37. The molecule has 1 heterocycles. The van der Waals surface area contributed by atoms with Gasteiger partial charge in [-0.3, -0.25) is 4.55 Å². The maximum absolute atomic E-state index is 11.2. The third kappa shape index (κ3) is 1.70. The summed E-state index contributed by atoms with van der Waals surface area (Å²) in [6.07, 6.45) is 0. The summed E-state index contributed by atoms with van der Waals surface area (Å²) in [5.41, 5.74) is 5.90. The van der Waals surface area contributed by atoms with Crippen molar-refractivity contribution in [3.8, 4) is 5.75 Å². The Morgan fingerprint density at radius 1 is 1.50 bits per heavy atom. The lowest BCUT2D eigenvalue weighted by molar-refractivity contribution is 0.399. The minimum Gasteiger partial charge on any atom is -0.495 e. The summed E-state index contributed by atoms with van der Waals surface area (Å²) in [4.78, 5) is 3.64. The Balaban J connectivity index is 2.94. The zero-order valence-electron chi connectivity index (χ0n) is 8.17. The van der Waals surface area contributed by atoms with Crippen molar-refractivity contribution < 1.29 is 17.7 Å². The predicted octanol–water partition coefficient (Wildman–Crippen LogP) is 1.13. The molecule has 86 valence electrons. The molecule has 1 aromatic carbocycles. The van der Waals surface area contributed by atoms with E-state index in [0.717, 1.165) is 11.3 Å². The Labute approximate surface area is 95.4 Å². The van der Waals surface area contributed by atoms with Crippen LogP contribution in [0.25, 0.3) is 10.2 Å². The number of nitrogen functional groups attached to an aromatic ring is 1. The lowest BCUT2D eigenvalue weighted by Gasteiger charge is -2.05. The summed E-state index contributed by atoms with van der Waals surface area (Å²) < 4.78 is 36.8. The predicted molar refractivity (Wildman–Crippen MR) is 60.4 cm³/mol. The molecule has 0 bridgehead atoms. The van der Waals surface area contributed by atoms with E-state index in [-0.39, 0.29) is 15.8 Å². The number of fused-ring (bicyclic) bond motifs is 1. The molecule has 0 aliphatic carbocycles. The summed E-state index contributed by atoms with van der Waals surface area (Å²) >= 11 is 0.983. The number of thiazole rings is 1. The number of nitrogens with two attached hydrogens (primary N) is 1. The molecule has 0 aliphatic rings. The number of benzene rings is 1. The van der Waals surface area contributed by atoms with Crippen molar-refractivity contribution in [3.05, 3.63) is 12.1 Å². The van der Waals surface area contributed by atoms with Crippen LogP contribution in [0.2, 0.25) is 0 Å². The van der Waals surface area contributed by atoms with Gasteiger partial charge >= 0.3 is 0 Å². The van der Waals surface area contributed by atoms with Crippen LogP contribution in [0.3, 0.4) is 0 Å². The highest BCUT2D eigenvalue weighted by Gasteiger charge is 2.22. The van der Waals surface area contributed by atoms with Gasteiger partial charge in [-0.05, 0) is 12.1 Å². The Morgan fingerprint density at radius 3 is 2.75 bits per heavy atom. The highest BCUT2D eigenvalue weighted by Crippen LogP contribution is 2.36. The van der Waals surface area contributed by atoms with Gasteiger partial charge < -0.3 is 10.5 Å². The summed E-state index contributed by atoms with van der Waals surface area (Å²) in [5, 5.41) is 0.230. The van der Waals surface area contributed by atoms with Gasteiger partial charge in [0.25, 0.3) is 10.1 Å². The topological polar surface area (TPSA) is 103 Å².